The molecule has 0 amide bonds. The molecule has 1 aromatic heterocycles. The molecule has 0 aliphatic heterocycles. The van der Waals surface area contributed by atoms with Crippen LogP contribution in [0.2, 0.25) is 0 Å². The molecule has 0 saturated carbocycles. The number of hydrogen-bond donors (Lipinski definition) is 1. The lowest BCUT2D eigenvalue weighted by Gasteiger charge is -2.10. The first-order valence-corrected chi connectivity index (χ1v) is 5.95. The molecule has 1 rings (SSSR count). The van der Waals surface area contributed by atoms with Crippen LogP contribution in [0, 0.1) is 0 Å². The average molecular weight is 242 g/mol. The molecule has 0 bridgehead atoms. The van der Waals surface area contributed by atoms with Gasteiger partial charge in [-0.2, -0.15) is 5.10 Å². The van der Waals surface area contributed by atoms with Crippen LogP contribution in [-0.2, 0) is 22.9 Å². The van der Waals surface area contributed by atoms with Gasteiger partial charge in [0.15, 0.2) is 0 Å². The summed E-state index contributed by atoms with van der Waals surface area (Å²) in [5.41, 5.74) is 1.14. The first-order chi connectivity index (χ1) is 8.24. The number of hydrogen-bond acceptors (Lipinski definition) is 4. The van der Waals surface area contributed by atoms with Crippen molar-refractivity contribution < 1.29 is 14.6 Å². The van der Waals surface area contributed by atoms with Crippen molar-refractivity contribution in [3.63, 3.8) is 0 Å². The molecule has 17 heavy (non-hydrogen) atoms. The summed E-state index contributed by atoms with van der Waals surface area (Å²) in [6.45, 7) is 1.77. The molecule has 0 radical (unpaired) electrons. The normalized spacial score (nSPS) is 12.9. The third kappa shape index (κ3) is 5.81. The summed E-state index contributed by atoms with van der Waals surface area (Å²) in [6.07, 6.45) is 3.72. The highest BCUT2D eigenvalue weighted by molar-refractivity contribution is 4.99. The van der Waals surface area contributed by atoms with E-state index < -0.39 is 0 Å². The largest absolute Gasteiger partial charge is 0.393 e. The number of aryl methyl sites for hydroxylation is 2. The van der Waals surface area contributed by atoms with Crippen LogP contribution in [0.5, 0.6) is 0 Å². The van der Waals surface area contributed by atoms with Gasteiger partial charge in [0.25, 0.3) is 0 Å². The summed E-state index contributed by atoms with van der Waals surface area (Å²) >= 11 is 0. The molecular weight excluding hydrogens is 220 g/mol. The average Bonchev–Trinajstić information content (AvgIpc) is 2.72. The Hall–Kier alpha value is -0.910. The highest BCUT2D eigenvalue weighted by atomic mass is 16.5. The van der Waals surface area contributed by atoms with Crippen LogP contribution < -0.4 is 0 Å². The third-order valence-electron chi connectivity index (χ3n) is 2.68. The van der Waals surface area contributed by atoms with Crippen molar-refractivity contribution in [2.75, 3.05) is 26.9 Å². The van der Waals surface area contributed by atoms with E-state index in [0.29, 0.717) is 26.2 Å². The van der Waals surface area contributed by atoms with Gasteiger partial charge in [0, 0.05) is 32.7 Å². The predicted molar refractivity (Wildman–Crippen MR) is 64.8 cm³/mol. The van der Waals surface area contributed by atoms with E-state index in [-0.39, 0.29) is 6.10 Å². The van der Waals surface area contributed by atoms with E-state index in [1.165, 1.54) is 0 Å². The van der Waals surface area contributed by atoms with Gasteiger partial charge in [-0.3, -0.25) is 4.68 Å². The molecule has 1 aromatic rings. The Morgan fingerprint density at radius 1 is 1.35 bits per heavy atom. The minimum Gasteiger partial charge on any atom is -0.393 e. The Kier molecular flexibility index (Phi) is 6.84. The van der Waals surface area contributed by atoms with E-state index in [1.54, 1.807) is 13.3 Å². The maximum Gasteiger partial charge on any atom is 0.0700 e. The monoisotopic (exact) mass is 242 g/mol. The standard InChI is InChI=1S/C12H22N2O3/c1-14-11(5-7-13-14)3-4-12(15)6-8-17-10-9-16-2/h5,7,12,15H,3-4,6,8-10H2,1-2H3. The summed E-state index contributed by atoms with van der Waals surface area (Å²) in [7, 11) is 3.56. The Labute approximate surface area is 102 Å². The first-order valence-electron chi connectivity index (χ1n) is 5.95. The van der Waals surface area contributed by atoms with Crippen molar-refractivity contribution in [3.05, 3.63) is 18.0 Å². The minimum absolute atomic E-state index is 0.313. The molecule has 98 valence electrons. The zero-order valence-corrected chi connectivity index (χ0v) is 10.6. The van der Waals surface area contributed by atoms with Gasteiger partial charge in [0.2, 0.25) is 0 Å². The predicted octanol–water partition coefficient (Wildman–Crippen LogP) is 0.767. The maximum absolute atomic E-state index is 9.75. The number of methoxy groups -OCH3 is 1. The fourth-order valence-corrected chi connectivity index (χ4v) is 1.57. The molecule has 0 fully saturated rings. The summed E-state index contributed by atoms with van der Waals surface area (Å²) < 4.78 is 12.0. The number of aliphatic hydroxyl groups excluding tert-OH is 1. The molecule has 0 spiro atoms. The van der Waals surface area contributed by atoms with Crippen LogP contribution in [0.15, 0.2) is 12.3 Å². The lowest BCUT2D eigenvalue weighted by molar-refractivity contribution is 0.0460. The molecule has 1 atom stereocenters. The van der Waals surface area contributed by atoms with E-state index in [4.69, 9.17) is 9.47 Å². The number of aromatic nitrogens is 2. The van der Waals surface area contributed by atoms with Gasteiger partial charge in [0.05, 0.1) is 19.3 Å². The van der Waals surface area contributed by atoms with Crippen molar-refractivity contribution in [1.29, 1.82) is 0 Å². The molecule has 0 aliphatic carbocycles. The second-order valence-corrected chi connectivity index (χ2v) is 4.03. The van der Waals surface area contributed by atoms with Gasteiger partial charge >= 0.3 is 0 Å². The molecule has 1 unspecified atom stereocenters. The highest BCUT2D eigenvalue weighted by Gasteiger charge is 2.06. The second kappa shape index (κ2) is 8.22. The zero-order valence-electron chi connectivity index (χ0n) is 10.6. The Bertz CT molecular complexity index is 302. The number of aliphatic hydroxyl groups is 1. The van der Waals surface area contributed by atoms with E-state index in [2.05, 4.69) is 5.10 Å². The molecule has 1 N–H and O–H groups in total. The fraction of sp³-hybridized carbons (Fsp3) is 0.750. The molecule has 1 heterocycles. The third-order valence-corrected chi connectivity index (χ3v) is 2.68. The van der Waals surface area contributed by atoms with Gasteiger partial charge in [-0.05, 0) is 25.3 Å². The summed E-state index contributed by atoms with van der Waals surface area (Å²) in [4.78, 5) is 0. The van der Waals surface area contributed by atoms with E-state index in [0.717, 1.165) is 18.5 Å². The maximum atomic E-state index is 9.75. The number of nitrogens with zero attached hydrogens (tertiary/aromatic N) is 2. The lowest BCUT2D eigenvalue weighted by atomic mass is 10.1. The van der Waals surface area contributed by atoms with Gasteiger partial charge < -0.3 is 14.6 Å². The minimum atomic E-state index is -0.313. The number of rotatable bonds is 9. The van der Waals surface area contributed by atoms with Crippen molar-refractivity contribution in [2.24, 2.45) is 7.05 Å². The summed E-state index contributed by atoms with van der Waals surface area (Å²) in [5.74, 6) is 0. The zero-order chi connectivity index (χ0) is 12.5. The van der Waals surface area contributed by atoms with Crippen molar-refractivity contribution in [3.8, 4) is 0 Å². The summed E-state index contributed by atoms with van der Waals surface area (Å²) in [6, 6.07) is 1.97. The Balaban J connectivity index is 2.05. The van der Waals surface area contributed by atoms with E-state index in [9.17, 15) is 5.11 Å². The Morgan fingerprint density at radius 2 is 2.18 bits per heavy atom. The summed E-state index contributed by atoms with van der Waals surface area (Å²) in [5, 5.41) is 13.8. The Morgan fingerprint density at radius 3 is 2.82 bits per heavy atom. The molecule has 5 nitrogen and oxygen atoms in total. The smallest absolute Gasteiger partial charge is 0.0700 e. The second-order valence-electron chi connectivity index (χ2n) is 4.03. The molecular formula is C12H22N2O3. The van der Waals surface area contributed by atoms with Crippen LogP contribution in [0.1, 0.15) is 18.5 Å². The molecule has 5 heteroatoms. The highest BCUT2D eigenvalue weighted by Crippen LogP contribution is 2.06. The lowest BCUT2D eigenvalue weighted by Crippen LogP contribution is -2.14. The SMILES string of the molecule is COCCOCCC(O)CCc1ccnn1C. The van der Waals surface area contributed by atoms with E-state index in [1.807, 2.05) is 17.8 Å². The van der Waals surface area contributed by atoms with Gasteiger partial charge in [-0.1, -0.05) is 0 Å². The topological polar surface area (TPSA) is 56.5 Å². The van der Waals surface area contributed by atoms with Crippen LogP contribution in [0.25, 0.3) is 0 Å². The van der Waals surface area contributed by atoms with E-state index >= 15 is 0 Å². The number of ether oxygens (including phenoxy) is 2. The first kappa shape index (κ1) is 14.2. The van der Waals surface area contributed by atoms with Crippen molar-refractivity contribution in [2.45, 2.75) is 25.4 Å². The molecule has 0 aliphatic rings. The van der Waals surface area contributed by atoms with Gasteiger partial charge in [-0.15, -0.1) is 0 Å². The quantitative estimate of drug-likeness (QED) is 0.650. The van der Waals surface area contributed by atoms with Crippen LogP contribution in [0.3, 0.4) is 0 Å². The van der Waals surface area contributed by atoms with Crippen LogP contribution in [-0.4, -0.2) is 47.9 Å². The van der Waals surface area contributed by atoms with Crippen LogP contribution >= 0.6 is 0 Å². The van der Waals surface area contributed by atoms with Crippen LogP contribution in [0.4, 0.5) is 0 Å². The van der Waals surface area contributed by atoms with Crippen molar-refractivity contribution in [1.82, 2.24) is 9.78 Å². The molecule has 0 aromatic carbocycles. The van der Waals surface area contributed by atoms with Crippen molar-refractivity contribution >= 4 is 0 Å². The fourth-order valence-electron chi connectivity index (χ4n) is 1.57. The molecule has 0 saturated heterocycles. The van der Waals surface area contributed by atoms with Gasteiger partial charge in [-0.25, -0.2) is 0 Å². The van der Waals surface area contributed by atoms with Gasteiger partial charge in [0.1, 0.15) is 0 Å².